The third kappa shape index (κ3) is 6.49. The van der Waals surface area contributed by atoms with E-state index in [0.29, 0.717) is 5.82 Å². The Morgan fingerprint density at radius 1 is 0.250 bits per heavy atom. The highest BCUT2D eigenvalue weighted by molar-refractivity contribution is 6.14. The molecule has 0 radical (unpaired) electrons. The number of hydrogen-bond donors (Lipinski definition) is 0. The lowest BCUT2D eigenvalue weighted by molar-refractivity contribution is 1.19. The van der Waals surface area contributed by atoms with Crippen LogP contribution in [-0.2, 0) is 0 Å². The lowest BCUT2D eigenvalue weighted by atomic mass is 9.91. The van der Waals surface area contributed by atoms with E-state index in [1.165, 1.54) is 27.3 Å². The first-order valence-corrected chi connectivity index (χ1v) is 20.3. The summed E-state index contributed by atoms with van der Waals surface area (Å²) < 4.78 is 0. The maximum absolute atomic E-state index is 5.29. The van der Waals surface area contributed by atoms with Gasteiger partial charge in [-0.15, -0.1) is 0 Å². The van der Waals surface area contributed by atoms with Gasteiger partial charge in [0.1, 0.15) is 0 Å². The van der Waals surface area contributed by atoms with Crippen LogP contribution in [0.3, 0.4) is 0 Å². The average Bonchev–Trinajstić information content (AvgIpc) is 3.34. The Morgan fingerprint density at radius 3 is 1.43 bits per heavy atom. The Morgan fingerprint density at radius 2 is 0.750 bits per heavy atom. The standard InChI is InChI=1S/C57H37N3/c1-4-15-38(16-5-1)44-22-14-23-45(35-44)55-37-54(43-20-8-3-9-21-43)59-57(60-55)50-33-32-46(48-25-12-13-26-49(48)50)40-27-29-41(30-28-40)51-36-53(42-18-6-2-7-19-42)58-52-34-31-39-17-10-11-24-47(39)56(51)52/h1-37H. The first-order chi connectivity index (χ1) is 29.7. The molecule has 2 heterocycles. The largest absolute Gasteiger partial charge is 0.248 e. The zero-order chi connectivity index (χ0) is 39.8. The third-order valence-corrected chi connectivity index (χ3v) is 11.5. The smallest absolute Gasteiger partial charge is 0.161 e. The number of hydrogen-bond acceptors (Lipinski definition) is 3. The van der Waals surface area contributed by atoms with E-state index < -0.39 is 0 Å². The van der Waals surface area contributed by atoms with Crippen molar-refractivity contribution in [3.8, 4) is 78.5 Å². The molecule has 60 heavy (non-hydrogen) atoms. The molecule has 0 saturated heterocycles. The Bertz CT molecular complexity index is 3340. The number of benzene rings is 9. The van der Waals surface area contributed by atoms with E-state index in [2.05, 4.69) is 206 Å². The summed E-state index contributed by atoms with van der Waals surface area (Å²) in [5.41, 5.74) is 14.8. The predicted molar refractivity (Wildman–Crippen MR) is 250 cm³/mol. The summed E-state index contributed by atoms with van der Waals surface area (Å²) in [6.07, 6.45) is 0. The maximum atomic E-state index is 5.29. The van der Waals surface area contributed by atoms with Crippen LogP contribution in [-0.4, -0.2) is 15.0 Å². The van der Waals surface area contributed by atoms with Gasteiger partial charge in [-0.05, 0) is 85.3 Å². The highest BCUT2D eigenvalue weighted by Crippen LogP contribution is 2.40. The fourth-order valence-electron chi connectivity index (χ4n) is 8.53. The molecule has 280 valence electrons. The normalized spacial score (nSPS) is 11.3. The molecule has 3 nitrogen and oxygen atoms in total. The minimum Gasteiger partial charge on any atom is -0.248 e. The van der Waals surface area contributed by atoms with Crippen molar-refractivity contribution in [3.05, 3.63) is 224 Å². The first kappa shape index (κ1) is 35.2. The van der Waals surface area contributed by atoms with Crippen LogP contribution >= 0.6 is 0 Å². The van der Waals surface area contributed by atoms with Gasteiger partial charge < -0.3 is 0 Å². The Balaban J connectivity index is 1.03. The number of aromatic nitrogens is 3. The minimum atomic E-state index is 0.695. The van der Waals surface area contributed by atoms with Gasteiger partial charge in [0.2, 0.25) is 0 Å². The fourth-order valence-corrected chi connectivity index (χ4v) is 8.53. The zero-order valence-electron chi connectivity index (χ0n) is 32.7. The van der Waals surface area contributed by atoms with Crippen LogP contribution in [0.25, 0.3) is 111 Å². The first-order valence-electron chi connectivity index (χ1n) is 20.3. The van der Waals surface area contributed by atoms with Gasteiger partial charge in [-0.2, -0.15) is 0 Å². The molecule has 0 amide bonds. The van der Waals surface area contributed by atoms with Crippen LogP contribution in [0.1, 0.15) is 0 Å². The summed E-state index contributed by atoms with van der Waals surface area (Å²) in [5.74, 6) is 0.695. The summed E-state index contributed by atoms with van der Waals surface area (Å²) in [7, 11) is 0. The molecular formula is C57H37N3. The molecule has 0 fully saturated rings. The Kier molecular flexibility index (Phi) is 8.83. The molecule has 0 aliphatic rings. The monoisotopic (exact) mass is 763 g/mol. The van der Waals surface area contributed by atoms with Gasteiger partial charge in [-0.3, -0.25) is 0 Å². The second-order valence-corrected chi connectivity index (χ2v) is 15.2. The van der Waals surface area contributed by atoms with Crippen LogP contribution < -0.4 is 0 Å². The van der Waals surface area contributed by atoms with Gasteiger partial charge in [0.15, 0.2) is 5.82 Å². The lowest BCUT2D eigenvalue weighted by Gasteiger charge is -2.15. The van der Waals surface area contributed by atoms with Crippen molar-refractivity contribution < 1.29 is 0 Å². The molecule has 0 spiro atoms. The lowest BCUT2D eigenvalue weighted by Crippen LogP contribution is -1.97. The van der Waals surface area contributed by atoms with Gasteiger partial charge in [0, 0.05) is 27.6 Å². The molecule has 0 atom stereocenters. The molecule has 2 aromatic heterocycles. The van der Waals surface area contributed by atoms with Gasteiger partial charge in [-0.1, -0.05) is 194 Å². The topological polar surface area (TPSA) is 38.7 Å². The molecular weight excluding hydrogens is 727 g/mol. The molecule has 0 saturated carbocycles. The zero-order valence-corrected chi connectivity index (χ0v) is 32.7. The van der Waals surface area contributed by atoms with Gasteiger partial charge in [-0.25, -0.2) is 15.0 Å². The number of pyridine rings is 1. The van der Waals surface area contributed by atoms with E-state index in [1.54, 1.807) is 0 Å². The van der Waals surface area contributed by atoms with Gasteiger partial charge in [0.25, 0.3) is 0 Å². The highest BCUT2D eigenvalue weighted by atomic mass is 14.9. The van der Waals surface area contributed by atoms with E-state index in [9.17, 15) is 0 Å². The molecule has 9 aromatic carbocycles. The van der Waals surface area contributed by atoms with E-state index in [-0.39, 0.29) is 0 Å². The van der Waals surface area contributed by atoms with E-state index in [1.807, 2.05) is 18.2 Å². The summed E-state index contributed by atoms with van der Waals surface area (Å²) in [6.45, 7) is 0. The Labute approximate surface area is 349 Å². The molecule has 0 aliphatic carbocycles. The molecule has 0 aliphatic heterocycles. The van der Waals surface area contributed by atoms with Crippen molar-refractivity contribution in [2.24, 2.45) is 0 Å². The van der Waals surface area contributed by atoms with Gasteiger partial charge >= 0.3 is 0 Å². The van der Waals surface area contributed by atoms with Crippen LogP contribution in [0, 0.1) is 0 Å². The Hall–Kier alpha value is -8.01. The van der Waals surface area contributed by atoms with Crippen LogP contribution in [0.4, 0.5) is 0 Å². The van der Waals surface area contributed by atoms with E-state index in [4.69, 9.17) is 15.0 Å². The predicted octanol–water partition coefficient (Wildman–Crippen LogP) is 15.0. The third-order valence-electron chi connectivity index (χ3n) is 11.5. The highest BCUT2D eigenvalue weighted by Gasteiger charge is 2.17. The van der Waals surface area contributed by atoms with E-state index >= 15 is 0 Å². The second-order valence-electron chi connectivity index (χ2n) is 15.2. The van der Waals surface area contributed by atoms with Crippen molar-refractivity contribution in [1.82, 2.24) is 15.0 Å². The summed E-state index contributed by atoms with van der Waals surface area (Å²) in [4.78, 5) is 15.7. The summed E-state index contributed by atoms with van der Waals surface area (Å²) >= 11 is 0. The van der Waals surface area contributed by atoms with Crippen molar-refractivity contribution in [1.29, 1.82) is 0 Å². The summed E-state index contributed by atoms with van der Waals surface area (Å²) in [6, 6.07) is 79.3. The molecule has 3 heteroatoms. The molecule has 11 aromatic rings. The molecule has 11 rings (SSSR count). The van der Waals surface area contributed by atoms with Crippen molar-refractivity contribution in [2.75, 3.05) is 0 Å². The number of nitrogens with zero attached hydrogens (tertiary/aromatic N) is 3. The molecule has 0 bridgehead atoms. The number of rotatable bonds is 7. The van der Waals surface area contributed by atoms with Crippen LogP contribution in [0.15, 0.2) is 224 Å². The quantitative estimate of drug-likeness (QED) is 0.152. The fraction of sp³-hybridized carbons (Fsp3) is 0. The van der Waals surface area contributed by atoms with Crippen LogP contribution in [0.5, 0.6) is 0 Å². The minimum absolute atomic E-state index is 0.695. The van der Waals surface area contributed by atoms with E-state index in [0.717, 1.165) is 77.9 Å². The molecule has 0 N–H and O–H groups in total. The van der Waals surface area contributed by atoms with Crippen LogP contribution in [0.2, 0.25) is 0 Å². The van der Waals surface area contributed by atoms with Gasteiger partial charge in [0.05, 0.1) is 22.6 Å². The van der Waals surface area contributed by atoms with Crippen molar-refractivity contribution in [3.63, 3.8) is 0 Å². The SMILES string of the molecule is c1ccc(-c2cccc(-c3cc(-c4ccccc4)nc(-c4ccc(-c5ccc(-c6cc(-c7ccccc7)nc7ccc8ccccc8c67)cc5)c5ccccc45)n3)c2)cc1. The van der Waals surface area contributed by atoms with Crippen molar-refractivity contribution in [2.45, 2.75) is 0 Å². The average molecular weight is 764 g/mol. The number of fused-ring (bicyclic) bond motifs is 4. The maximum Gasteiger partial charge on any atom is 0.161 e. The molecule has 0 unspecified atom stereocenters. The van der Waals surface area contributed by atoms with Crippen molar-refractivity contribution >= 4 is 32.4 Å². The second kappa shape index (κ2) is 15.1. The summed E-state index contributed by atoms with van der Waals surface area (Å²) in [5, 5.41) is 5.82.